The minimum atomic E-state index is -1.17. The number of non-ortho nitro benzene ring substituents is 1. The van der Waals surface area contributed by atoms with Crippen LogP contribution in [0.15, 0.2) is 29.3 Å². The zero-order valence-corrected chi connectivity index (χ0v) is 9.22. The lowest BCUT2D eigenvalue weighted by atomic mass is 10.1. The molecular weight excluding hydrogens is 244 g/mol. The highest BCUT2D eigenvalue weighted by molar-refractivity contribution is 7.80. The van der Waals surface area contributed by atoms with Crippen LogP contribution in [-0.2, 0) is 0 Å². The number of fused-ring (bicyclic) bond motifs is 1. The van der Waals surface area contributed by atoms with Gasteiger partial charge in [-0.2, -0.15) is 0 Å². The van der Waals surface area contributed by atoms with Crippen LogP contribution in [0, 0.1) is 10.1 Å². The van der Waals surface area contributed by atoms with Gasteiger partial charge < -0.3 is 5.11 Å². The number of aromatic nitrogens is 1. The van der Waals surface area contributed by atoms with Crippen molar-refractivity contribution in [3.8, 4) is 0 Å². The van der Waals surface area contributed by atoms with Crippen LogP contribution in [0.5, 0.6) is 0 Å². The van der Waals surface area contributed by atoms with Crippen molar-refractivity contribution in [1.82, 2.24) is 4.98 Å². The number of aromatic carboxylic acids is 1. The molecule has 1 aromatic carbocycles. The third kappa shape index (κ3) is 1.92. The number of para-hydroxylation sites is 1. The second kappa shape index (κ2) is 4.02. The molecule has 0 bridgehead atoms. The maximum atomic E-state index is 11.0. The molecule has 2 aromatic rings. The molecule has 0 saturated carbocycles. The number of pyridine rings is 1. The zero-order chi connectivity index (χ0) is 12.6. The number of nitrogens with zero attached hydrogens (tertiary/aromatic N) is 2. The molecule has 0 aliphatic heterocycles. The fraction of sp³-hybridized carbons (Fsp3) is 0. The van der Waals surface area contributed by atoms with Gasteiger partial charge in [-0.05, 0) is 6.07 Å². The van der Waals surface area contributed by atoms with Crippen molar-refractivity contribution in [3.05, 3.63) is 39.9 Å². The molecule has 1 heterocycles. The molecule has 0 spiro atoms. The molecule has 0 saturated heterocycles. The molecule has 0 radical (unpaired) electrons. The second-order valence-electron chi connectivity index (χ2n) is 3.26. The van der Waals surface area contributed by atoms with Crippen molar-refractivity contribution in [3.63, 3.8) is 0 Å². The van der Waals surface area contributed by atoms with E-state index in [9.17, 15) is 14.9 Å². The average molecular weight is 250 g/mol. The summed E-state index contributed by atoms with van der Waals surface area (Å²) in [6.45, 7) is 0. The number of nitro benzene ring substituents is 1. The highest BCUT2D eigenvalue weighted by Crippen LogP contribution is 2.27. The van der Waals surface area contributed by atoms with Crippen LogP contribution in [0.3, 0.4) is 0 Å². The Balaban J connectivity index is 2.92. The Morgan fingerprint density at radius 1 is 1.47 bits per heavy atom. The van der Waals surface area contributed by atoms with Gasteiger partial charge in [-0.3, -0.25) is 10.1 Å². The SMILES string of the molecule is O=C(O)c1cc(S)nc2c([N+](=O)[O-])cccc12. The van der Waals surface area contributed by atoms with Crippen molar-refractivity contribution < 1.29 is 14.8 Å². The highest BCUT2D eigenvalue weighted by Gasteiger charge is 2.18. The summed E-state index contributed by atoms with van der Waals surface area (Å²) >= 11 is 3.94. The summed E-state index contributed by atoms with van der Waals surface area (Å²) in [5.41, 5.74) is -0.257. The lowest BCUT2D eigenvalue weighted by Crippen LogP contribution is -2.01. The van der Waals surface area contributed by atoms with Gasteiger partial charge in [-0.1, -0.05) is 12.1 Å². The van der Waals surface area contributed by atoms with Gasteiger partial charge in [0.05, 0.1) is 15.5 Å². The second-order valence-corrected chi connectivity index (χ2v) is 3.72. The number of rotatable bonds is 2. The van der Waals surface area contributed by atoms with Gasteiger partial charge in [0.2, 0.25) is 0 Å². The number of hydrogen-bond donors (Lipinski definition) is 2. The van der Waals surface area contributed by atoms with Crippen LogP contribution >= 0.6 is 12.6 Å². The van der Waals surface area contributed by atoms with Crippen LogP contribution < -0.4 is 0 Å². The first-order valence-corrected chi connectivity index (χ1v) is 4.96. The molecule has 0 unspecified atom stereocenters. The molecule has 1 aromatic heterocycles. The van der Waals surface area contributed by atoms with E-state index < -0.39 is 10.9 Å². The monoisotopic (exact) mass is 250 g/mol. The Hall–Kier alpha value is -2.15. The van der Waals surface area contributed by atoms with E-state index in [1.165, 1.54) is 24.3 Å². The Morgan fingerprint density at radius 3 is 2.76 bits per heavy atom. The summed E-state index contributed by atoms with van der Waals surface area (Å²) in [4.78, 5) is 25.1. The number of nitro groups is 1. The third-order valence-corrected chi connectivity index (χ3v) is 2.46. The maximum Gasteiger partial charge on any atom is 0.336 e. The van der Waals surface area contributed by atoms with Gasteiger partial charge in [-0.15, -0.1) is 12.6 Å². The summed E-state index contributed by atoms with van der Waals surface area (Å²) in [5, 5.41) is 20.2. The lowest BCUT2D eigenvalue weighted by molar-refractivity contribution is -0.383. The molecule has 0 aliphatic rings. The third-order valence-electron chi connectivity index (χ3n) is 2.23. The van der Waals surface area contributed by atoms with E-state index in [1.54, 1.807) is 0 Å². The van der Waals surface area contributed by atoms with Gasteiger partial charge >= 0.3 is 5.97 Å². The fourth-order valence-electron chi connectivity index (χ4n) is 1.54. The number of hydrogen-bond acceptors (Lipinski definition) is 5. The van der Waals surface area contributed by atoms with Gasteiger partial charge in [0.25, 0.3) is 5.69 Å². The molecular formula is C10H6N2O4S. The molecule has 7 heteroatoms. The van der Waals surface area contributed by atoms with E-state index in [2.05, 4.69) is 17.6 Å². The number of carboxylic acids is 1. The Morgan fingerprint density at radius 2 is 2.18 bits per heavy atom. The van der Waals surface area contributed by atoms with E-state index in [4.69, 9.17) is 5.11 Å². The summed E-state index contributed by atoms with van der Waals surface area (Å²) in [6, 6.07) is 5.43. The summed E-state index contributed by atoms with van der Waals surface area (Å²) < 4.78 is 0. The van der Waals surface area contributed by atoms with Gasteiger partial charge in [0, 0.05) is 11.5 Å². The summed E-state index contributed by atoms with van der Waals surface area (Å²) in [5.74, 6) is -1.17. The number of benzene rings is 1. The molecule has 0 aliphatic carbocycles. The first kappa shape index (κ1) is 11.3. The van der Waals surface area contributed by atoms with Crippen LogP contribution in [0.4, 0.5) is 5.69 Å². The maximum absolute atomic E-state index is 11.0. The highest BCUT2D eigenvalue weighted by atomic mass is 32.1. The van der Waals surface area contributed by atoms with Gasteiger partial charge in [0.15, 0.2) is 0 Å². The van der Waals surface area contributed by atoms with E-state index >= 15 is 0 Å². The normalized spacial score (nSPS) is 10.4. The van der Waals surface area contributed by atoms with Crippen molar-refractivity contribution in [2.75, 3.05) is 0 Å². The Labute approximate surface area is 100 Å². The fourth-order valence-corrected chi connectivity index (χ4v) is 1.77. The van der Waals surface area contributed by atoms with E-state index in [0.717, 1.165) is 0 Å². The standard InChI is InChI=1S/C10H6N2O4S/c13-10(14)6-4-8(17)11-9-5(6)2-1-3-7(9)12(15)16/h1-4H,(H,11,17)(H,13,14). The predicted octanol–water partition coefficient (Wildman–Crippen LogP) is 2.13. The number of carbonyl (C=O) groups is 1. The minimum Gasteiger partial charge on any atom is -0.478 e. The summed E-state index contributed by atoms with van der Waals surface area (Å²) in [6.07, 6.45) is 0. The van der Waals surface area contributed by atoms with Crippen molar-refractivity contribution in [2.24, 2.45) is 0 Å². The largest absolute Gasteiger partial charge is 0.478 e. The molecule has 17 heavy (non-hydrogen) atoms. The smallest absolute Gasteiger partial charge is 0.336 e. The average Bonchev–Trinajstić information content (AvgIpc) is 2.26. The topological polar surface area (TPSA) is 93.3 Å². The minimum absolute atomic E-state index is 0.0300. The lowest BCUT2D eigenvalue weighted by Gasteiger charge is -2.03. The van der Waals surface area contributed by atoms with Crippen LogP contribution in [0.25, 0.3) is 10.9 Å². The molecule has 0 fully saturated rings. The van der Waals surface area contributed by atoms with Crippen LogP contribution in [0.1, 0.15) is 10.4 Å². The van der Waals surface area contributed by atoms with Crippen LogP contribution in [0.2, 0.25) is 0 Å². The first-order valence-electron chi connectivity index (χ1n) is 4.51. The molecule has 1 N–H and O–H groups in total. The van der Waals surface area contributed by atoms with E-state index in [0.29, 0.717) is 0 Å². The molecule has 86 valence electrons. The Kier molecular flexibility index (Phi) is 2.68. The van der Waals surface area contributed by atoms with Gasteiger partial charge in [0.1, 0.15) is 5.52 Å². The van der Waals surface area contributed by atoms with E-state index in [1.807, 2.05) is 0 Å². The first-order chi connectivity index (χ1) is 8.00. The quantitative estimate of drug-likeness (QED) is 0.483. The molecule has 0 amide bonds. The molecule has 6 nitrogen and oxygen atoms in total. The summed E-state index contributed by atoms with van der Waals surface area (Å²) in [7, 11) is 0. The van der Waals surface area contributed by atoms with Crippen LogP contribution in [-0.4, -0.2) is 21.0 Å². The zero-order valence-electron chi connectivity index (χ0n) is 8.32. The molecule has 2 rings (SSSR count). The number of carboxylic acid groups (broad SMARTS) is 1. The van der Waals surface area contributed by atoms with E-state index in [-0.39, 0.29) is 27.2 Å². The van der Waals surface area contributed by atoms with Gasteiger partial charge in [-0.25, -0.2) is 9.78 Å². The van der Waals surface area contributed by atoms with Crippen molar-refractivity contribution in [2.45, 2.75) is 5.03 Å². The predicted molar refractivity (Wildman–Crippen MR) is 62.6 cm³/mol. The number of thiol groups is 1. The molecule has 0 atom stereocenters. The van der Waals surface area contributed by atoms with Crippen molar-refractivity contribution in [1.29, 1.82) is 0 Å². The Bertz CT molecular complexity index is 641. The van der Waals surface area contributed by atoms with Crippen molar-refractivity contribution >= 4 is 35.2 Å².